The van der Waals surface area contributed by atoms with Crippen molar-refractivity contribution in [3.63, 3.8) is 0 Å². The van der Waals surface area contributed by atoms with E-state index in [0.29, 0.717) is 0 Å². The lowest BCUT2D eigenvalue weighted by Crippen LogP contribution is -2.43. The second-order valence-electron chi connectivity index (χ2n) is 4.45. The van der Waals surface area contributed by atoms with Crippen LogP contribution in [0, 0.1) is 0 Å². The topological polar surface area (TPSA) is 15.3 Å². The first-order valence-electron chi connectivity index (χ1n) is 6.06. The van der Waals surface area contributed by atoms with E-state index in [1.54, 1.807) is 5.57 Å². The number of rotatable bonds is 3. The maximum atomic E-state index is 3.40. The summed E-state index contributed by atoms with van der Waals surface area (Å²) in [6, 6.07) is 0. The molecule has 2 aliphatic rings. The Morgan fingerprint density at radius 1 is 1.21 bits per heavy atom. The van der Waals surface area contributed by atoms with Gasteiger partial charge in [-0.3, -0.25) is 0 Å². The van der Waals surface area contributed by atoms with Gasteiger partial charge in [-0.25, -0.2) is 0 Å². The maximum absolute atomic E-state index is 3.40. The van der Waals surface area contributed by atoms with Gasteiger partial charge in [-0.05, 0) is 32.1 Å². The minimum absolute atomic E-state index is 1.18. The fourth-order valence-corrected chi connectivity index (χ4v) is 2.37. The molecule has 2 rings (SSSR count). The summed E-state index contributed by atoms with van der Waals surface area (Å²) in [7, 11) is 0. The van der Waals surface area contributed by atoms with Crippen LogP contribution >= 0.6 is 0 Å². The second kappa shape index (κ2) is 5.52. The Morgan fingerprint density at radius 3 is 2.79 bits per heavy atom. The van der Waals surface area contributed by atoms with Crippen molar-refractivity contribution in [2.45, 2.75) is 32.1 Å². The molecular formula is C12H22N2. The normalized spacial score (nSPS) is 24.7. The van der Waals surface area contributed by atoms with E-state index in [9.17, 15) is 0 Å². The van der Waals surface area contributed by atoms with Crippen LogP contribution in [-0.2, 0) is 0 Å². The lowest BCUT2D eigenvalue weighted by Gasteiger charge is -2.27. The number of nitrogens with one attached hydrogen (secondary N) is 1. The third-order valence-corrected chi connectivity index (χ3v) is 3.34. The molecule has 0 atom stereocenters. The number of nitrogens with zero attached hydrogens (tertiary/aromatic N) is 1. The van der Waals surface area contributed by atoms with Crippen molar-refractivity contribution in [1.82, 2.24) is 10.2 Å². The third-order valence-electron chi connectivity index (χ3n) is 3.34. The minimum Gasteiger partial charge on any atom is -0.314 e. The molecule has 1 aliphatic carbocycles. The highest BCUT2D eigenvalue weighted by Gasteiger charge is 2.10. The first-order valence-corrected chi connectivity index (χ1v) is 6.06. The highest BCUT2D eigenvalue weighted by molar-refractivity contribution is 5.05. The zero-order chi connectivity index (χ0) is 9.64. The van der Waals surface area contributed by atoms with Crippen LogP contribution in [0.4, 0.5) is 0 Å². The fraction of sp³-hybridized carbons (Fsp3) is 0.833. The summed E-state index contributed by atoms with van der Waals surface area (Å²) in [4.78, 5) is 2.59. The summed E-state index contributed by atoms with van der Waals surface area (Å²) in [6.45, 7) is 6.13. The Morgan fingerprint density at radius 2 is 2.07 bits per heavy atom. The smallest absolute Gasteiger partial charge is 0.0107 e. The van der Waals surface area contributed by atoms with Crippen molar-refractivity contribution in [2.24, 2.45) is 0 Å². The predicted octanol–water partition coefficient (Wildman–Crippen LogP) is 1.78. The first kappa shape index (κ1) is 10.2. The van der Waals surface area contributed by atoms with Gasteiger partial charge < -0.3 is 10.2 Å². The average Bonchev–Trinajstić information content (AvgIpc) is 2.29. The van der Waals surface area contributed by atoms with Crippen molar-refractivity contribution in [3.8, 4) is 0 Å². The monoisotopic (exact) mass is 194 g/mol. The Kier molecular flexibility index (Phi) is 4.02. The molecule has 0 bridgehead atoms. The van der Waals surface area contributed by atoms with Crippen LogP contribution in [0.5, 0.6) is 0 Å². The van der Waals surface area contributed by atoms with Crippen LogP contribution in [0.15, 0.2) is 11.6 Å². The Labute approximate surface area is 87.4 Å². The number of piperazine rings is 1. The fourth-order valence-electron chi connectivity index (χ4n) is 2.37. The minimum atomic E-state index is 1.18. The van der Waals surface area contributed by atoms with E-state index >= 15 is 0 Å². The van der Waals surface area contributed by atoms with Crippen LogP contribution in [0.3, 0.4) is 0 Å². The number of hydrogen-bond donors (Lipinski definition) is 1. The molecule has 0 aromatic carbocycles. The van der Waals surface area contributed by atoms with E-state index < -0.39 is 0 Å². The summed E-state index contributed by atoms with van der Waals surface area (Å²) < 4.78 is 0. The van der Waals surface area contributed by atoms with Gasteiger partial charge in [0.25, 0.3) is 0 Å². The lowest BCUT2D eigenvalue weighted by atomic mass is 9.97. The molecule has 2 heteroatoms. The lowest BCUT2D eigenvalue weighted by molar-refractivity contribution is 0.242. The van der Waals surface area contributed by atoms with Crippen LogP contribution in [-0.4, -0.2) is 37.6 Å². The quantitative estimate of drug-likeness (QED) is 0.689. The van der Waals surface area contributed by atoms with E-state index in [2.05, 4.69) is 16.3 Å². The predicted molar refractivity (Wildman–Crippen MR) is 60.5 cm³/mol. The largest absolute Gasteiger partial charge is 0.314 e. The summed E-state index contributed by atoms with van der Waals surface area (Å²) in [6.07, 6.45) is 9.33. The summed E-state index contributed by atoms with van der Waals surface area (Å²) in [5, 5.41) is 3.40. The van der Waals surface area contributed by atoms with Gasteiger partial charge >= 0.3 is 0 Å². The van der Waals surface area contributed by atoms with Crippen LogP contribution in [0.2, 0.25) is 0 Å². The molecule has 1 aliphatic heterocycles. The molecule has 0 unspecified atom stereocenters. The Balaban J connectivity index is 1.67. The first-order chi connectivity index (χ1) is 6.95. The van der Waals surface area contributed by atoms with Crippen molar-refractivity contribution in [1.29, 1.82) is 0 Å². The van der Waals surface area contributed by atoms with E-state index in [1.807, 2.05) is 0 Å². The third kappa shape index (κ3) is 3.10. The standard InChI is InChI=1S/C12H22N2/c1-2-4-12(5-3-1)6-9-14-10-7-13-8-11-14/h4,13H,1-3,5-11H2. The summed E-state index contributed by atoms with van der Waals surface area (Å²) in [5.74, 6) is 0. The molecule has 0 radical (unpaired) electrons. The highest BCUT2D eigenvalue weighted by atomic mass is 15.2. The molecule has 1 saturated heterocycles. The molecular weight excluding hydrogens is 172 g/mol. The average molecular weight is 194 g/mol. The molecule has 0 amide bonds. The van der Waals surface area contributed by atoms with Gasteiger partial charge in [0.2, 0.25) is 0 Å². The Bertz CT molecular complexity index is 192. The van der Waals surface area contributed by atoms with Crippen molar-refractivity contribution >= 4 is 0 Å². The van der Waals surface area contributed by atoms with Gasteiger partial charge in [0.15, 0.2) is 0 Å². The van der Waals surface area contributed by atoms with Gasteiger partial charge in [-0.1, -0.05) is 11.6 Å². The SMILES string of the molecule is C1=C(CCN2CCNCC2)CCCC1. The highest BCUT2D eigenvalue weighted by Crippen LogP contribution is 2.20. The Hall–Kier alpha value is -0.340. The zero-order valence-corrected chi connectivity index (χ0v) is 9.10. The van der Waals surface area contributed by atoms with Crippen molar-refractivity contribution < 1.29 is 0 Å². The van der Waals surface area contributed by atoms with Gasteiger partial charge in [0.05, 0.1) is 0 Å². The van der Waals surface area contributed by atoms with E-state index in [4.69, 9.17) is 0 Å². The van der Waals surface area contributed by atoms with Crippen LogP contribution < -0.4 is 5.32 Å². The van der Waals surface area contributed by atoms with E-state index in [1.165, 1.54) is 64.8 Å². The zero-order valence-electron chi connectivity index (χ0n) is 9.10. The molecule has 14 heavy (non-hydrogen) atoms. The van der Waals surface area contributed by atoms with E-state index in [-0.39, 0.29) is 0 Å². The molecule has 0 spiro atoms. The molecule has 1 heterocycles. The van der Waals surface area contributed by atoms with Crippen molar-refractivity contribution in [3.05, 3.63) is 11.6 Å². The molecule has 1 fully saturated rings. The molecule has 0 aromatic rings. The summed E-state index contributed by atoms with van der Waals surface area (Å²) >= 11 is 0. The molecule has 2 nitrogen and oxygen atoms in total. The molecule has 1 N–H and O–H groups in total. The van der Waals surface area contributed by atoms with Gasteiger partial charge in [-0.2, -0.15) is 0 Å². The molecule has 80 valence electrons. The molecule has 0 aromatic heterocycles. The second-order valence-corrected chi connectivity index (χ2v) is 4.45. The molecule has 0 saturated carbocycles. The maximum Gasteiger partial charge on any atom is 0.0107 e. The van der Waals surface area contributed by atoms with Gasteiger partial charge in [-0.15, -0.1) is 0 Å². The van der Waals surface area contributed by atoms with Crippen molar-refractivity contribution in [2.75, 3.05) is 32.7 Å². The number of hydrogen-bond acceptors (Lipinski definition) is 2. The van der Waals surface area contributed by atoms with Gasteiger partial charge in [0.1, 0.15) is 0 Å². The van der Waals surface area contributed by atoms with E-state index in [0.717, 1.165) is 0 Å². The summed E-state index contributed by atoms with van der Waals surface area (Å²) in [5.41, 5.74) is 1.72. The van der Waals surface area contributed by atoms with Crippen LogP contribution in [0.1, 0.15) is 32.1 Å². The number of allylic oxidation sites excluding steroid dienone is 1. The van der Waals surface area contributed by atoms with Crippen LogP contribution in [0.25, 0.3) is 0 Å². The van der Waals surface area contributed by atoms with Gasteiger partial charge in [0, 0.05) is 32.7 Å².